The van der Waals surface area contributed by atoms with Crippen molar-refractivity contribution in [2.75, 3.05) is 17.2 Å². The van der Waals surface area contributed by atoms with Gasteiger partial charge in [-0.3, -0.25) is 10.1 Å². The number of hydrogen-bond donors (Lipinski definition) is 2. The maximum absolute atomic E-state index is 11.7. The number of hydrogen-bond acceptors (Lipinski definition) is 4. The third kappa shape index (κ3) is 3.84. The number of anilines is 2. The van der Waals surface area contributed by atoms with Crippen LogP contribution in [0.5, 0.6) is 0 Å². The van der Waals surface area contributed by atoms with Crippen LogP contribution in [0.2, 0.25) is 0 Å². The highest BCUT2D eigenvalue weighted by Crippen LogP contribution is 2.10. The van der Waals surface area contributed by atoms with Gasteiger partial charge in [-0.25, -0.2) is 0 Å². The first kappa shape index (κ1) is 13.1. The topological polar surface area (TPSA) is 67.2 Å². The normalized spacial score (nSPS) is 10.2. The first-order valence-corrected chi connectivity index (χ1v) is 6.23. The van der Waals surface area contributed by atoms with Gasteiger partial charge in [0.2, 0.25) is 11.8 Å². The highest BCUT2D eigenvalue weighted by molar-refractivity contribution is 5.92. The van der Waals surface area contributed by atoms with Gasteiger partial charge >= 0.3 is 0 Å². The Kier molecular flexibility index (Phi) is 4.18. The summed E-state index contributed by atoms with van der Waals surface area (Å²) < 4.78 is 4.91. The largest absolute Gasteiger partial charge is 0.376 e. The molecule has 2 rings (SSSR count). The molecule has 1 aromatic carbocycles. The standard InChI is InChI=1S/C14H17N3O2/c1-3-11-4-6-12(7-5-11)15-9-13(18)16-14-8-10(2)17-19-14/h4-8,15H,3,9H2,1-2H3,(H,16,18). The highest BCUT2D eigenvalue weighted by Gasteiger charge is 2.06. The monoisotopic (exact) mass is 259 g/mol. The molecule has 19 heavy (non-hydrogen) atoms. The molecule has 0 aliphatic heterocycles. The van der Waals surface area contributed by atoms with Gasteiger partial charge in [0.15, 0.2) is 0 Å². The van der Waals surface area contributed by atoms with Crippen LogP contribution >= 0.6 is 0 Å². The first-order chi connectivity index (χ1) is 9.17. The Morgan fingerprint density at radius 3 is 2.63 bits per heavy atom. The summed E-state index contributed by atoms with van der Waals surface area (Å²) in [6, 6.07) is 9.68. The summed E-state index contributed by atoms with van der Waals surface area (Å²) in [5.74, 6) is 0.196. The van der Waals surface area contributed by atoms with Gasteiger partial charge < -0.3 is 9.84 Å². The van der Waals surface area contributed by atoms with E-state index in [-0.39, 0.29) is 12.5 Å². The van der Waals surface area contributed by atoms with Gasteiger partial charge in [-0.15, -0.1) is 0 Å². The molecule has 1 amide bonds. The summed E-state index contributed by atoms with van der Waals surface area (Å²) in [5.41, 5.74) is 2.92. The minimum Gasteiger partial charge on any atom is -0.376 e. The third-order valence-corrected chi connectivity index (χ3v) is 2.71. The molecule has 1 aromatic heterocycles. The predicted octanol–water partition coefficient (Wildman–Crippen LogP) is 2.60. The molecule has 0 bridgehead atoms. The summed E-state index contributed by atoms with van der Waals surface area (Å²) >= 11 is 0. The number of nitrogens with one attached hydrogen (secondary N) is 2. The van der Waals surface area contributed by atoms with Crippen molar-refractivity contribution in [3.63, 3.8) is 0 Å². The summed E-state index contributed by atoms with van der Waals surface area (Å²) in [6.45, 7) is 4.09. The van der Waals surface area contributed by atoms with Crippen LogP contribution in [0.4, 0.5) is 11.6 Å². The van der Waals surface area contributed by atoms with E-state index in [1.807, 2.05) is 24.3 Å². The van der Waals surface area contributed by atoms with Crippen molar-refractivity contribution in [2.24, 2.45) is 0 Å². The molecule has 0 saturated carbocycles. The molecule has 5 nitrogen and oxygen atoms in total. The lowest BCUT2D eigenvalue weighted by Gasteiger charge is -2.06. The minimum absolute atomic E-state index is 0.171. The Balaban J connectivity index is 1.82. The van der Waals surface area contributed by atoms with E-state index in [0.717, 1.165) is 17.8 Å². The van der Waals surface area contributed by atoms with Crippen LogP contribution in [-0.4, -0.2) is 17.6 Å². The predicted molar refractivity (Wildman–Crippen MR) is 74.2 cm³/mol. The smallest absolute Gasteiger partial charge is 0.246 e. The number of aryl methyl sites for hydroxylation is 2. The van der Waals surface area contributed by atoms with E-state index < -0.39 is 0 Å². The molecule has 1 heterocycles. The van der Waals surface area contributed by atoms with Crippen molar-refractivity contribution in [3.8, 4) is 0 Å². The molecule has 0 unspecified atom stereocenters. The molecule has 0 fully saturated rings. The second-order valence-corrected chi connectivity index (χ2v) is 4.28. The third-order valence-electron chi connectivity index (χ3n) is 2.71. The Bertz CT molecular complexity index is 546. The summed E-state index contributed by atoms with van der Waals surface area (Å²) in [6.07, 6.45) is 1.01. The van der Waals surface area contributed by atoms with Crippen LogP contribution in [0.15, 0.2) is 34.9 Å². The van der Waals surface area contributed by atoms with Gasteiger partial charge in [-0.05, 0) is 31.0 Å². The fourth-order valence-corrected chi connectivity index (χ4v) is 1.64. The lowest BCUT2D eigenvalue weighted by Crippen LogP contribution is -2.21. The number of rotatable bonds is 5. The molecule has 0 aliphatic carbocycles. The number of carbonyl (C=O) groups excluding carboxylic acids is 1. The average Bonchev–Trinajstić information content (AvgIpc) is 2.82. The van der Waals surface area contributed by atoms with Crippen molar-refractivity contribution in [1.82, 2.24) is 5.16 Å². The average molecular weight is 259 g/mol. The Morgan fingerprint density at radius 2 is 2.05 bits per heavy atom. The van der Waals surface area contributed by atoms with Crippen LogP contribution in [-0.2, 0) is 11.2 Å². The second kappa shape index (κ2) is 6.04. The molecular formula is C14H17N3O2. The van der Waals surface area contributed by atoms with Crippen molar-refractivity contribution >= 4 is 17.5 Å². The van der Waals surface area contributed by atoms with Gasteiger partial charge in [0.25, 0.3) is 0 Å². The van der Waals surface area contributed by atoms with E-state index >= 15 is 0 Å². The summed E-state index contributed by atoms with van der Waals surface area (Å²) in [5, 5.41) is 9.37. The zero-order chi connectivity index (χ0) is 13.7. The number of amides is 1. The Labute approximate surface area is 112 Å². The number of carbonyl (C=O) groups is 1. The summed E-state index contributed by atoms with van der Waals surface area (Å²) in [4.78, 5) is 11.7. The van der Waals surface area contributed by atoms with Crippen LogP contribution in [0.1, 0.15) is 18.2 Å². The molecule has 5 heteroatoms. The molecule has 0 saturated heterocycles. The molecule has 100 valence electrons. The first-order valence-electron chi connectivity index (χ1n) is 6.23. The Hall–Kier alpha value is -2.30. The van der Waals surface area contributed by atoms with Gasteiger partial charge in [0, 0.05) is 11.8 Å². The van der Waals surface area contributed by atoms with Crippen molar-refractivity contribution in [3.05, 3.63) is 41.6 Å². The second-order valence-electron chi connectivity index (χ2n) is 4.28. The van der Waals surface area contributed by atoms with Gasteiger partial charge in [-0.1, -0.05) is 24.2 Å². The maximum atomic E-state index is 11.7. The van der Waals surface area contributed by atoms with Crippen LogP contribution in [0, 0.1) is 6.92 Å². The van der Waals surface area contributed by atoms with E-state index in [9.17, 15) is 4.79 Å². The van der Waals surface area contributed by atoms with Crippen LogP contribution in [0.3, 0.4) is 0 Å². The van der Waals surface area contributed by atoms with Crippen molar-refractivity contribution in [2.45, 2.75) is 20.3 Å². The molecule has 0 aliphatic rings. The van der Waals surface area contributed by atoms with Gasteiger partial charge in [-0.2, -0.15) is 0 Å². The lowest BCUT2D eigenvalue weighted by molar-refractivity contribution is -0.114. The van der Waals surface area contributed by atoms with E-state index in [0.29, 0.717) is 5.88 Å². The fraction of sp³-hybridized carbons (Fsp3) is 0.286. The van der Waals surface area contributed by atoms with Gasteiger partial charge in [0.05, 0.1) is 12.2 Å². The van der Waals surface area contributed by atoms with E-state index in [2.05, 4.69) is 22.7 Å². The SMILES string of the molecule is CCc1ccc(NCC(=O)Nc2cc(C)no2)cc1. The molecule has 2 aromatic rings. The van der Waals surface area contributed by atoms with E-state index in [1.54, 1.807) is 13.0 Å². The minimum atomic E-state index is -0.171. The maximum Gasteiger partial charge on any atom is 0.246 e. The molecular weight excluding hydrogens is 242 g/mol. The fourth-order valence-electron chi connectivity index (χ4n) is 1.64. The molecule has 0 radical (unpaired) electrons. The van der Waals surface area contributed by atoms with E-state index in [1.165, 1.54) is 5.56 Å². The van der Waals surface area contributed by atoms with Crippen molar-refractivity contribution in [1.29, 1.82) is 0 Å². The molecule has 0 spiro atoms. The molecule has 2 N–H and O–H groups in total. The van der Waals surface area contributed by atoms with Crippen molar-refractivity contribution < 1.29 is 9.32 Å². The van der Waals surface area contributed by atoms with Crippen LogP contribution < -0.4 is 10.6 Å². The van der Waals surface area contributed by atoms with E-state index in [4.69, 9.17) is 4.52 Å². The molecule has 0 atom stereocenters. The Morgan fingerprint density at radius 1 is 1.32 bits per heavy atom. The van der Waals surface area contributed by atoms with Gasteiger partial charge in [0.1, 0.15) is 0 Å². The summed E-state index contributed by atoms with van der Waals surface area (Å²) in [7, 11) is 0. The zero-order valence-corrected chi connectivity index (χ0v) is 11.1. The number of benzene rings is 1. The highest BCUT2D eigenvalue weighted by atomic mass is 16.5. The number of nitrogens with zero attached hydrogens (tertiary/aromatic N) is 1. The zero-order valence-electron chi connectivity index (χ0n) is 11.1. The number of aromatic nitrogens is 1. The quantitative estimate of drug-likeness (QED) is 0.866. The lowest BCUT2D eigenvalue weighted by atomic mass is 10.1. The van der Waals surface area contributed by atoms with Crippen LogP contribution in [0.25, 0.3) is 0 Å².